The molecule has 8 nitrogen and oxygen atoms in total. The molecule has 27 heavy (non-hydrogen) atoms. The van der Waals surface area contributed by atoms with Gasteiger partial charge in [-0.1, -0.05) is 12.8 Å². The first kappa shape index (κ1) is 19.3. The van der Waals surface area contributed by atoms with Crippen LogP contribution in [0.3, 0.4) is 0 Å². The fraction of sp³-hybridized carbons (Fsp3) is 0.500. The molecular formula is C18H23N3O5S. The van der Waals surface area contributed by atoms with Gasteiger partial charge in [0.05, 0.1) is 10.8 Å². The molecule has 0 bridgehead atoms. The number of likely N-dealkylation sites (tertiary alicyclic amines) is 1. The van der Waals surface area contributed by atoms with Crippen molar-refractivity contribution in [2.45, 2.75) is 50.0 Å². The van der Waals surface area contributed by atoms with Crippen LogP contribution in [0.25, 0.3) is 0 Å². The third-order valence-electron chi connectivity index (χ3n) is 5.00. The van der Waals surface area contributed by atoms with Gasteiger partial charge in [0.2, 0.25) is 17.7 Å². The number of carbonyl (C=O) groups is 3. The molecule has 1 heterocycles. The lowest BCUT2D eigenvalue weighted by atomic mass is 10.1. The van der Waals surface area contributed by atoms with Crippen molar-refractivity contribution >= 4 is 33.4 Å². The van der Waals surface area contributed by atoms with Crippen molar-refractivity contribution in [1.82, 2.24) is 9.62 Å². The largest absolute Gasteiger partial charge is 0.339 e. The Morgan fingerprint density at radius 3 is 2.33 bits per heavy atom. The molecule has 1 saturated carbocycles. The van der Waals surface area contributed by atoms with E-state index in [4.69, 9.17) is 0 Å². The lowest BCUT2D eigenvalue weighted by Gasteiger charge is -2.23. The van der Waals surface area contributed by atoms with Crippen molar-refractivity contribution in [3.8, 4) is 0 Å². The van der Waals surface area contributed by atoms with E-state index >= 15 is 0 Å². The highest BCUT2D eigenvalue weighted by Crippen LogP contribution is 2.30. The molecule has 0 radical (unpaired) electrons. The molecule has 1 aromatic rings. The first-order chi connectivity index (χ1) is 12.8. The molecule has 3 amide bonds. The molecular weight excluding hydrogens is 370 g/mol. The summed E-state index contributed by atoms with van der Waals surface area (Å²) < 4.78 is 25.7. The fourth-order valence-electron chi connectivity index (χ4n) is 3.69. The summed E-state index contributed by atoms with van der Waals surface area (Å²) in [5.74, 6) is -1.30. The molecule has 2 fully saturated rings. The third kappa shape index (κ3) is 4.47. The van der Waals surface area contributed by atoms with Crippen LogP contribution in [0.2, 0.25) is 0 Å². The van der Waals surface area contributed by atoms with Crippen LogP contribution in [0.4, 0.5) is 5.69 Å². The number of nitrogens with one attached hydrogen (secondary N) is 2. The van der Waals surface area contributed by atoms with E-state index in [1.807, 2.05) is 9.62 Å². The number of rotatable bonds is 5. The summed E-state index contributed by atoms with van der Waals surface area (Å²) in [5.41, 5.74) is 0.438. The summed E-state index contributed by atoms with van der Waals surface area (Å²) in [6.07, 6.45) is 4.46. The Morgan fingerprint density at radius 2 is 1.74 bits per heavy atom. The van der Waals surface area contributed by atoms with Crippen molar-refractivity contribution < 1.29 is 22.8 Å². The standard InChI is InChI=1S/C18H23N3O5S/c1-12(22)20-27(25,26)16-8-6-14(7-9-16)19-18(24)13-10-17(23)21(11-13)15-4-2-3-5-15/h6-9,13,15H,2-5,10-11H2,1H3,(H,19,24)(H,20,22). The van der Waals surface area contributed by atoms with Crippen molar-refractivity contribution in [3.05, 3.63) is 24.3 Å². The number of nitrogens with zero attached hydrogens (tertiary/aromatic N) is 1. The van der Waals surface area contributed by atoms with Gasteiger partial charge in [-0.3, -0.25) is 14.4 Å². The van der Waals surface area contributed by atoms with Crippen molar-refractivity contribution in [2.75, 3.05) is 11.9 Å². The Hall–Kier alpha value is -2.42. The van der Waals surface area contributed by atoms with Crippen LogP contribution in [0, 0.1) is 5.92 Å². The van der Waals surface area contributed by atoms with Gasteiger partial charge in [-0.15, -0.1) is 0 Å². The molecule has 146 valence electrons. The summed E-state index contributed by atoms with van der Waals surface area (Å²) in [6, 6.07) is 5.79. The van der Waals surface area contributed by atoms with Crippen molar-refractivity contribution in [3.63, 3.8) is 0 Å². The monoisotopic (exact) mass is 393 g/mol. The minimum atomic E-state index is -3.91. The normalized spacial score (nSPS) is 20.7. The number of anilines is 1. The second kappa shape index (κ2) is 7.67. The molecule has 9 heteroatoms. The van der Waals surface area contributed by atoms with Gasteiger partial charge in [0.15, 0.2) is 0 Å². The zero-order valence-electron chi connectivity index (χ0n) is 15.1. The maximum atomic E-state index is 12.5. The van der Waals surface area contributed by atoms with Gasteiger partial charge in [0, 0.05) is 31.6 Å². The van der Waals surface area contributed by atoms with Crippen LogP contribution in [0.1, 0.15) is 39.0 Å². The van der Waals surface area contributed by atoms with E-state index in [1.165, 1.54) is 24.3 Å². The SMILES string of the molecule is CC(=O)NS(=O)(=O)c1ccc(NC(=O)C2CC(=O)N(C3CCCC3)C2)cc1. The van der Waals surface area contributed by atoms with Gasteiger partial charge in [-0.2, -0.15) is 0 Å². The van der Waals surface area contributed by atoms with E-state index in [9.17, 15) is 22.8 Å². The molecule has 1 unspecified atom stereocenters. The molecule has 1 aliphatic heterocycles. The topological polar surface area (TPSA) is 113 Å². The second-order valence-corrected chi connectivity index (χ2v) is 8.74. The van der Waals surface area contributed by atoms with Crippen LogP contribution < -0.4 is 10.0 Å². The Kier molecular flexibility index (Phi) is 5.50. The number of hydrogen-bond acceptors (Lipinski definition) is 5. The van der Waals surface area contributed by atoms with Gasteiger partial charge in [-0.05, 0) is 37.1 Å². The van der Waals surface area contributed by atoms with Crippen LogP contribution in [0.15, 0.2) is 29.2 Å². The number of hydrogen-bond donors (Lipinski definition) is 2. The molecule has 0 aromatic heterocycles. The molecule has 2 N–H and O–H groups in total. The first-order valence-electron chi connectivity index (χ1n) is 9.00. The minimum Gasteiger partial charge on any atom is -0.339 e. The lowest BCUT2D eigenvalue weighted by molar-refractivity contribution is -0.130. The Morgan fingerprint density at radius 1 is 1.11 bits per heavy atom. The molecule has 1 saturated heterocycles. The van der Waals surface area contributed by atoms with E-state index in [2.05, 4.69) is 5.32 Å². The predicted molar refractivity (Wildman–Crippen MR) is 98.2 cm³/mol. The maximum absolute atomic E-state index is 12.5. The summed E-state index contributed by atoms with van der Waals surface area (Å²) in [6.45, 7) is 1.55. The highest BCUT2D eigenvalue weighted by Gasteiger charge is 2.38. The Balaban J connectivity index is 1.61. The number of amides is 3. The predicted octanol–water partition coefficient (Wildman–Crippen LogP) is 1.24. The number of benzene rings is 1. The van der Waals surface area contributed by atoms with Gasteiger partial charge in [-0.25, -0.2) is 13.1 Å². The molecule has 2 aliphatic rings. The zero-order valence-corrected chi connectivity index (χ0v) is 15.9. The van der Waals surface area contributed by atoms with E-state index in [0.717, 1.165) is 32.6 Å². The van der Waals surface area contributed by atoms with Crippen molar-refractivity contribution in [2.24, 2.45) is 5.92 Å². The van der Waals surface area contributed by atoms with E-state index in [-0.39, 0.29) is 29.2 Å². The Labute approximate surface area is 158 Å². The van der Waals surface area contributed by atoms with Crippen LogP contribution in [-0.4, -0.2) is 43.6 Å². The summed E-state index contributed by atoms with van der Waals surface area (Å²) >= 11 is 0. The number of carbonyl (C=O) groups excluding carboxylic acids is 3. The first-order valence-corrected chi connectivity index (χ1v) is 10.5. The Bertz CT molecular complexity index is 844. The number of sulfonamides is 1. The summed E-state index contributed by atoms with van der Waals surface area (Å²) in [7, 11) is -3.91. The molecule has 1 aromatic carbocycles. The van der Waals surface area contributed by atoms with Crippen LogP contribution >= 0.6 is 0 Å². The third-order valence-corrected chi connectivity index (χ3v) is 6.45. The smallest absolute Gasteiger partial charge is 0.264 e. The van der Waals surface area contributed by atoms with Crippen molar-refractivity contribution in [1.29, 1.82) is 0 Å². The van der Waals surface area contributed by atoms with Crippen LogP contribution in [0.5, 0.6) is 0 Å². The maximum Gasteiger partial charge on any atom is 0.264 e. The highest BCUT2D eigenvalue weighted by atomic mass is 32.2. The quantitative estimate of drug-likeness (QED) is 0.782. The van der Waals surface area contributed by atoms with Gasteiger partial charge >= 0.3 is 0 Å². The lowest BCUT2D eigenvalue weighted by Crippen LogP contribution is -2.35. The van der Waals surface area contributed by atoms with Gasteiger partial charge in [0.1, 0.15) is 0 Å². The molecule has 3 rings (SSSR count). The average Bonchev–Trinajstić information content (AvgIpc) is 3.23. The summed E-state index contributed by atoms with van der Waals surface area (Å²) in [4.78, 5) is 37.4. The second-order valence-electron chi connectivity index (χ2n) is 7.06. The fourth-order valence-corrected chi connectivity index (χ4v) is 4.68. The van der Waals surface area contributed by atoms with Gasteiger partial charge in [0.25, 0.3) is 10.0 Å². The zero-order chi connectivity index (χ0) is 19.6. The highest BCUT2D eigenvalue weighted by molar-refractivity contribution is 7.90. The van der Waals surface area contributed by atoms with E-state index in [1.54, 1.807) is 0 Å². The van der Waals surface area contributed by atoms with Gasteiger partial charge < -0.3 is 10.2 Å². The minimum absolute atomic E-state index is 0.0267. The molecule has 1 aliphatic carbocycles. The van der Waals surface area contributed by atoms with Crippen LogP contribution in [-0.2, 0) is 24.4 Å². The average molecular weight is 393 g/mol. The van der Waals surface area contributed by atoms with E-state index < -0.39 is 21.8 Å². The molecule has 1 atom stereocenters. The summed E-state index contributed by atoms with van der Waals surface area (Å²) in [5, 5.41) is 2.73. The van der Waals surface area contributed by atoms with E-state index in [0.29, 0.717) is 12.2 Å². The molecule has 0 spiro atoms.